The summed E-state index contributed by atoms with van der Waals surface area (Å²) in [6.07, 6.45) is 2.60. The number of likely N-dealkylation sites (N-methyl/N-ethyl adjacent to an activating group) is 1. The summed E-state index contributed by atoms with van der Waals surface area (Å²) in [7, 11) is 2.15. The Labute approximate surface area is 226 Å². The van der Waals surface area contributed by atoms with E-state index in [1.165, 1.54) is 17.7 Å². The zero-order valence-corrected chi connectivity index (χ0v) is 22.1. The van der Waals surface area contributed by atoms with E-state index in [0.717, 1.165) is 73.9 Å². The molecule has 3 aromatic heterocycles. The molecule has 9 heteroatoms. The first-order valence-electron chi connectivity index (χ1n) is 13.6. The van der Waals surface area contributed by atoms with E-state index in [1.807, 2.05) is 18.3 Å². The fourth-order valence-corrected chi connectivity index (χ4v) is 5.87. The molecule has 0 spiro atoms. The van der Waals surface area contributed by atoms with Gasteiger partial charge >= 0.3 is 6.18 Å². The Hall–Kier alpha value is -3.43. The van der Waals surface area contributed by atoms with Gasteiger partial charge in [0.15, 0.2) is 0 Å². The highest BCUT2D eigenvalue weighted by Crippen LogP contribution is 2.35. The van der Waals surface area contributed by atoms with E-state index in [9.17, 15) is 13.2 Å². The van der Waals surface area contributed by atoms with Crippen molar-refractivity contribution in [1.29, 1.82) is 0 Å². The van der Waals surface area contributed by atoms with Gasteiger partial charge in [-0.3, -0.25) is 14.3 Å². The van der Waals surface area contributed by atoms with Gasteiger partial charge in [0.2, 0.25) is 0 Å². The maximum Gasteiger partial charge on any atom is 0.416 e. The number of nitrogens with zero attached hydrogens (tertiary/aromatic N) is 6. The summed E-state index contributed by atoms with van der Waals surface area (Å²) in [5.74, 6) is 1.14. The Kier molecular flexibility index (Phi) is 7.03. The van der Waals surface area contributed by atoms with E-state index in [1.54, 1.807) is 12.1 Å². The highest BCUT2D eigenvalue weighted by molar-refractivity contribution is 5.53. The topological polar surface area (TPSA) is 39.9 Å². The summed E-state index contributed by atoms with van der Waals surface area (Å²) < 4.78 is 41.7. The second-order valence-electron chi connectivity index (χ2n) is 10.7. The molecule has 0 amide bonds. The lowest BCUT2D eigenvalue weighted by Gasteiger charge is -2.35. The SMILES string of the molecule is CN1CCN(c2cccc3nc(CN(Cc4ccc(C(F)(F)F)cc4)C4CCCc5cccnc54)cn23)CC1. The molecule has 0 radical (unpaired) electrons. The fraction of sp³-hybridized carbons (Fsp3) is 0.400. The van der Waals surface area contributed by atoms with Gasteiger partial charge in [-0.15, -0.1) is 0 Å². The summed E-state index contributed by atoms with van der Waals surface area (Å²) in [5, 5.41) is 0. The highest BCUT2D eigenvalue weighted by atomic mass is 19.4. The van der Waals surface area contributed by atoms with Crippen LogP contribution in [0.1, 0.15) is 47.0 Å². The fourth-order valence-electron chi connectivity index (χ4n) is 5.87. The monoisotopic (exact) mass is 534 g/mol. The zero-order valence-electron chi connectivity index (χ0n) is 22.1. The Balaban J connectivity index is 1.32. The number of halogens is 3. The summed E-state index contributed by atoms with van der Waals surface area (Å²) >= 11 is 0. The number of hydrogen-bond donors (Lipinski definition) is 0. The van der Waals surface area contributed by atoms with Gasteiger partial charge in [0.05, 0.1) is 23.0 Å². The van der Waals surface area contributed by atoms with Crippen LogP contribution in [0.25, 0.3) is 5.65 Å². The van der Waals surface area contributed by atoms with E-state index in [4.69, 9.17) is 9.97 Å². The number of imidazole rings is 1. The Bertz CT molecular complexity index is 1420. The number of fused-ring (bicyclic) bond motifs is 2. The third-order valence-electron chi connectivity index (χ3n) is 7.99. The second-order valence-corrected chi connectivity index (χ2v) is 10.7. The van der Waals surface area contributed by atoms with E-state index < -0.39 is 11.7 Å². The average Bonchev–Trinajstić information content (AvgIpc) is 3.35. The van der Waals surface area contributed by atoms with E-state index in [-0.39, 0.29) is 6.04 Å². The highest BCUT2D eigenvalue weighted by Gasteiger charge is 2.31. The molecule has 1 unspecified atom stereocenters. The number of alkyl halides is 3. The minimum atomic E-state index is -4.34. The molecule has 204 valence electrons. The van der Waals surface area contributed by atoms with Crippen molar-refractivity contribution in [2.45, 2.75) is 44.6 Å². The first kappa shape index (κ1) is 25.8. The lowest BCUT2D eigenvalue weighted by atomic mass is 9.90. The predicted molar refractivity (Wildman–Crippen MR) is 146 cm³/mol. The molecular weight excluding hydrogens is 501 g/mol. The number of pyridine rings is 2. The molecule has 0 saturated carbocycles. The van der Waals surface area contributed by atoms with Crippen LogP contribution in [-0.2, 0) is 25.7 Å². The van der Waals surface area contributed by atoms with Gasteiger partial charge in [-0.2, -0.15) is 13.2 Å². The maximum absolute atomic E-state index is 13.2. The van der Waals surface area contributed by atoms with Crippen LogP contribution in [-0.4, -0.2) is 57.4 Å². The van der Waals surface area contributed by atoms with Gasteiger partial charge in [-0.1, -0.05) is 24.3 Å². The quantitative estimate of drug-likeness (QED) is 0.323. The number of benzene rings is 1. The minimum absolute atomic E-state index is 0.0687. The molecule has 1 atom stereocenters. The van der Waals surface area contributed by atoms with E-state index in [0.29, 0.717) is 13.1 Å². The number of aromatic nitrogens is 3. The molecule has 4 aromatic rings. The van der Waals surface area contributed by atoms with Crippen molar-refractivity contribution in [1.82, 2.24) is 24.2 Å². The Morgan fingerprint density at radius 3 is 2.51 bits per heavy atom. The van der Waals surface area contributed by atoms with Crippen LogP contribution >= 0.6 is 0 Å². The first-order valence-corrected chi connectivity index (χ1v) is 13.6. The molecule has 0 N–H and O–H groups in total. The summed E-state index contributed by atoms with van der Waals surface area (Å²) in [4.78, 5) is 16.8. The minimum Gasteiger partial charge on any atom is -0.355 e. The number of hydrogen-bond acceptors (Lipinski definition) is 5. The van der Waals surface area contributed by atoms with Crippen molar-refractivity contribution in [2.24, 2.45) is 0 Å². The average molecular weight is 535 g/mol. The molecule has 1 saturated heterocycles. The van der Waals surface area contributed by atoms with E-state index >= 15 is 0 Å². The second kappa shape index (κ2) is 10.6. The standard InChI is InChI=1S/C30H33F3N6/c1-36-15-17-37(18-16-36)28-9-3-8-27-35-25(21-39(27)28)20-38(19-22-10-12-24(13-11-22)30(31,32)33)26-7-2-5-23-6-4-14-34-29(23)26/h3-4,6,8-14,21,26H,2,5,7,15-20H2,1H3. The van der Waals surface area contributed by atoms with Gasteiger partial charge in [0, 0.05) is 51.7 Å². The molecule has 39 heavy (non-hydrogen) atoms. The third-order valence-corrected chi connectivity index (χ3v) is 7.99. The van der Waals surface area contributed by atoms with E-state index in [2.05, 4.69) is 50.5 Å². The largest absolute Gasteiger partial charge is 0.416 e. The smallest absolute Gasteiger partial charge is 0.355 e. The lowest BCUT2D eigenvalue weighted by Crippen LogP contribution is -2.45. The summed E-state index contributed by atoms with van der Waals surface area (Å²) in [5.41, 5.74) is 4.37. The molecule has 1 aliphatic carbocycles. The molecule has 2 aliphatic rings. The molecule has 1 fully saturated rings. The van der Waals surface area contributed by atoms with Crippen LogP contribution in [0, 0.1) is 0 Å². The molecule has 0 bridgehead atoms. The van der Waals surface area contributed by atoms with Gasteiger partial charge in [-0.05, 0) is 67.8 Å². The Morgan fingerprint density at radius 2 is 1.74 bits per heavy atom. The molecular formula is C30H33F3N6. The van der Waals surface area contributed by atoms with Gasteiger partial charge in [0.1, 0.15) is 11.5 Å². The number of anilines is 1. The van der Waals surface area contributed by atoms with Crippen LogP contribution in [0.4, 0.5) is 19.0 Å². The van der Waals surface area contributed by atoms with Crippen molar-refractivity contribution >= 4 is 11.5 Å². The molecule has 6 rings (SSSR count). The third kappa shape index (κ3) is 5.51. The van der Waals surface area contributed by atoms with Crippen LogP contribution in [0.2, 0.25) is 0 Å². The number of aryl methyl sites for hydroxylation is 1. The summed E-state index contributed by atoms with van der Waals surface area (Å²) in [6.45, 7) is 5.06. The van der Waals surface area contributed by atoms with Gasteiger partial charge in [-0.25, -0.2) is 4.98 Å². The zero-order chi connectivity index (χ0) is 27.0. The lowest BCUT2D eigenvalue weighted by molar-refractivity contribution is -0.137. The molecule has 1 aromatic carbocycles. The van der Waals surface area contributed by atoms with Crippen LogP contribution in [0.3, 0.4) is 0 Å². The normalized spacial score (nSPS) is 18.6. The molecule has 6 nitrogen and oxygen atoms in total. The van der Waals surface area contributed by atoms with Crippen LogP contribution in [0.5, 0.6) is 0 Å². The number of rotatable bonds is 6. The van der Waals surface area contributed by atoms with Crippen LogP contribution < -0.4 is 4.90 Å². The molecule has 1 aliphatic heterocycles. The van der Waals surface area contributed by atoms with Crippen molar-refractivity contribution in [2.75, 3.05) is 38.1 Å². The van der Waals surface area contributed by atoms with Gasteiger partial charge in [0.25, 0.3) is 0 Å². The van der Waals surface area contributed by atoms with Crippen molar-refractivity contribution in [3.8, 4) is 0 Å². The van der Waals surface area contributed by atoms with Crippen LogP contribution in [0.15, 0.2) is 67.0 Å². The molecule has 4 heterocycles. The maximum atomic E-state index is 13.2. The Morgan fingerprint density at radius 1 is 0.949 bits per heavy atom. The summed E-state index contributed by atoms with van der Waals surface area (Å²) in [6, 6.07) is 15.9. The van der Waals surface area contributed by atoms with Crippen molar-refractivity contribution < 1.29 is 13.2 Å². The van der Waals surface area contributed by atoms with Crippen molar-refractivity contribution in [3.05, 3.63) is 95.1 Å². The van der Waals surface area contributed by atoms with Gasteiger partial charge < -0.3 is 9.80 Å². The first-order chi connectivity index (χ1) is 18.8. The van der Waals surface area contributed by atoms with Crippen molar-refractivity contribution in [3.63, 3.8) is 0 Å². The number of piperazine rings is 1. The predicted octanol–water partition coefficient (Wildman–Crippen LogP) is 5.58.